The van der Waals surface area contributed by atoms with Crippen LogP contribution in [-0.4, -0.2) is 24.0 Å². The monoisotopic (exact) mass is 222 g/mol. The fourth-order valence-electron chi connectivity index (χ4n) is 1.32. The van der Waals surface area contributed by atoms with Crippen LogP contribution in [0.5, 0.6) is 0 Å². The zero-order chi connectivity index (χ0) is 11.7. The van der Waals surface area contributed by atoms with E-state index in [2.05, 4.69) is 10.1 Å². The number of nitrogens with zero attached hydrogens (tertiary/aromatic N) is 5. The number of hydrogen-bond donors (Lipinski definition) is 1. The summed E-state index contributed by atoms with van der Waals surface area (Å²) in [6.07, 6.45) is 3.04. The van der Waals surface area contributed by atoms with Gasteiger partial charge in [0, 0.05) is 18.9 Å². The Kier molecular flexibility index (Phi) is 2.31. The Morgan fingerprint density at radius 2 is 2.19 bits per heavy atom. The summed E-state index contributed by atoms with van der Waals surface area (Å²) in [4.78, 5) is 26.8. The fourth-order valence-corrected chi connectivity index (χ4v) is 1.32. The molecule has 0 atom stereocenters. The topological polar surface area (TPSA) is 101 Å². The summed E-state index contributed by atoms with van der Waals surface area (Å²) in [6, 6.07) is 1.64. The first-order valence-electron chi connectivity index (χ1n) is 4.64. The molecule has 8 nitrogen and oxygen atoms in total. The van der Waals surface area contributed by atoms with Crippen LogP contribution in [0.1, 0.15) is 6.92 Å². The van der Waals surface area contributed by atoms with Crippen LogP contribution in [0, 0.1) is 0 Å². The molecule has 0 aromatic carbocycles. The lowest BCUT2D eigenvalue weighted by atomic mass is 10.7. The zero-order valence-electron chi connectivity index (χ0n) is 8.57. The Labute approximate surface area is 89.5 Å². The van der Waals surface area contributed by atoms with E-state index in [1.807, 2.05) is 0 Å². The third-order valence-corrected chi connectivity index (χ3v) is 2.10. The van der Waals surface area contributed by atoms with Gasteiger partial charge in [-0.15, -0.1) is 0 Å². The number of rotatable bonds is 2. The molecule has 8 heteroatoms. The van der Waals surface area contributed by atoms with Crippen molar-refractivity contribution in [1.82, 2.24) is 24.0 Å². The van der Waals surface area contributed by atoms with Gasteiger partial charge in [0.25, 0.3) is 5.95 Å². The molecule has 2 aromatic heterocycles. The van der Waals surface area contributed by atoms with Gasteiger partial charge >= 0.3 is 11.4 Å². The highest BCUT2D eigenvalue weighted by Gasteiger charge is 2.11. The summed E-state index contributed by atoms with van der Waals surface area (Å²) in [5.41, 5.74) is -1.26. The first-order chi connectivity index (χ1) is 7.65. The molecule has 2 N–H and O–H groups in total. The third-order valence-electron chi connectivity index (χ3n) is 2.10. The number of hydrogen-bond acceptors (Lipinski definition) is 5. The molecule has 0 spiro atoms. The minimum Gasteiger partial charge on any atom is -0.332 e. The summed E-state index contributed by atoms with van der Waals surface area (Å²) in [7, 11) is 0. The van der Waals surface area contributed by atoms with Crippen LogP contribution in [0.2, 0.25) is 0 Å². The molecule has 2 heterocycles. The Bertz CT molecular complexity index is 608. The zero-order valence-corrected chi connectivity index (χ0v) is 8.57. The van der Waals surface area contributed by atoms with Gasteiger partial charge in [0.2, 0.25) is 0 Å². The summed E-state index contributed by atoms with van der Waals surface area (Å²) in [5.74, 6) is 5.53. The van der Waals surface area contributed by atoms with E-state index in [1.54, 1.807) is 19.2 Å². The molecular weight excluding hydrogens is 212 g/mol. The lowest BCUT2D eigenvalue weighted by molar-refractivity contribution is 0.580. The quantitative estimate of drug-likeness (QED) is 0.612. The minimum absolute atomic E-state index is 0.00954. The highest BCUT2D eigenvalue weighted by Crippen LogP contribution is 1.93. The number of nitrogens with two attached hydrogens (primary N) is 1. The average Bonchev–Trinajstić information content (AvgIpc) is 2.77. The second-order valence-electron chi connectivity index (χ2n) is 3.04. The largest absolute Gasteiger partial charge is 0.355 e. The van der Waals surface area contributed by atoms with Gasteiger partial charge in [0.1, 0.15) is 0 Å². The molecule has 0 aliphatic rings. The lowest BCUT2D eigenvalue weighted by Gasteiger charge is -2.07. The Morgan fingerprint density at radius 3 is 2.75 bits per heavy atom. The molecule has 0 unspecified atom stereocenters. The lowest BCUT2D eigenvalue weighted by Crippen LogP contribution is -2.46. The third kappa shape index (κ3) is 1.40. The Hall–Kier alpha value is -2.38. The SMILES string of the molecule is CCn1c(=O)nc(-n2cccn2)n(N)c1=O. The van der Waals surface area contributed by atoms with Crippen molar-refractivity contribution < 1.29 is 0 Å². The standard InChI is InChI=1S/C8H10N6O2/c1-2-12-7(15)11-6(14(9)8(12)16)13-5-3-4-10-13/h3-5H,2,9H2,1H3. The molecule has 0 fully saturated rings. The van der Waals surface area contributed by atoms with E-state index in [0.29, 0.717) is 0 Å². The highest BCUT2D eigenvalue weighted by molar-refractivity contribution is 5.08. The normalized spacial score (nSPS) is 10.6. The van der Waals surface area contributed by atoms with Gasteiger partial charge in [0.05, 0.1) is 0 Å². The molecule has 0 radical (unpaired) electrons. The summed E-state index contributed by atoms with van der Waals surface area (Å²) in [5, 5.41) is 3.85. The molecule has 0 bridgehead atoms. The van der Waals surface area contributed by atoms with Crippen LogP contribution in [0.15, 0.2) is 28.0 Å². The Morgan fingerprint density at radius 1 is 1.44 bits per heavy atom. The van der Waals surface area contributed by atoms with Crippen molar-refractivity contribution in [1.29, 1.82) is 0 Å². The van der Waals surface area contributed by atoms with E-state index < -0.39 is 11.4 Å². The van der Waals surface area contributed by atoms with Crippen LogP contribution in [0.4, 0.5) is 0 Å². The van der Waals surface area contributed by atoms with Gasteiger partial charge < -0.3 is 5.84 Å². The van der Waals surface area contributed by atoms with Crippen molar-refractivity contribution >= 4 is 0 Å². The van der Waals surface area contributed by atoms with Gasteiger partial charge in [-0.3, -0.25) is 0 Å². The van der Waals surface area contributed by atoms with E-state index in [4.69, 9.17) is 5.84 Å². The molecule has 16 heavy (non-hydrogen) atoms. The molecular formula is C8H10N6O2. The first-order valence-corrected chi connectivity index (χ1v) is 4.64. The van der Waals surface area contributed by atoms with Crippen LogP contribution >= 0.6 is 0 Å². The maximum Gasteiger partial charge on any atom is 0.355 e. The maximum atomic E-state index is 11.7. The predicted octanol–water partition coefficient (Wildman–Crippen LogP) is -1.68. The predicted molar refractivity (Wildman–Crippen MR) is 55.7 cm³/mol. The second-order valence-corrected chi connectivity index (χ2v) is 3.04. The molecule has 2 rings (SSSR count). The molecule has 0 saturated heterocycles. The molecule has 0 aliphatic heterocycles. The van der Waals surface area contributed by atoms with Gasteiger partial charge in [-0.25, -0.2) is 18.8 Å². The van der Waals surface area contributed by atoms with Crippen LogP contribution in [-0.2, 0) is 6.54 Å². The highest BCUT2D eigenvalue weighted by atomic mass is 16.2. The summed E-state index contributed by atoms with van der Waals surface area (Å²) < 4.78 is 2.98. The van der Waals surface area contributed by atoms with Crippen molar-refractivity contribution in [3.63, 3.8) is 0 Å². The first kappa shape index (κ1) is 10.1. The van der Waals surface area contributed by atoms with E-state index in [0.717, 1.165) is 9.24 Å². The molecule has 0 saturated carbocycles. The van der Waals surface area contributed by atoms with E-state index >= 15 is 0 Å². The Balaban J connectivity index is 2.76. The fraction of sp³-hybridized carbons (Fsp3) is 0.250. The summed E-state index contributed by atoms with van der Waals surface area (Å²) >= 11 is 0. The van der Waals surface area contributed by atoms with Crippen molar-refractivity contribution in [3.8, 4) is 5.95 Å². The smallest absolute Gasteiger partial charge is 0.332 e. The number of nitrogen functional groups attached to an aromatic ring is 1. The minimum atomic E-state index is -0.639. The second kappa shape index (κ2) is 3.65. The molecule has 84 valence electrons. The van der Waals surface area contributed by atoms with Crippen molar-refractivity contribution in [2.24, 2.45) is 0 Å². The maximum absolute atomic E-state index is 11.7. The van der Waals surface area contributed by atoms with Crippen molar-refractivity contribution in [3.05, 3.63) is 39.4 Å². The van der Waals surface area contributed by atoms with E-state index in [9.17, 15) is 9.59 Å². The van der Waals surface area contributed by atoms with Gasteiger partial charge in [0.15, 0.2) is 0 Å². The van der Waals surface area contributed by atoms with E-state index in [-0.39, 0.29) is 12.5 Å². The molecule has 2 aromatic rings. The molecule has 0 amide bonds. The van der Waals surface area contributed by atoms with E-state index in [1.165, 1.54) is 10.9 Å². The van der Waals surface area contributed by atoms with Crippen LogP contribution in [0.25, 0.3) is 5.95 Å². The van der Waals surface area contributed by atoms with Crippen molar-refractivity contribution in [2.45, 2.75) is 13.5 Å². The van der Waals surface area contributed by atoms with Crippen LogP contribution in [0.3, 0.4) is 0 Å². The summed E-state index contributed by atoms with van der Waals surface area (Å²) in [6.45, 7) is 1.89. The van der Waals surface area contributed by atoms with Crippen LogP contribution < -0.4 is 17.2 Å². The molecule has 0 aliphatic carbocycles. The number of aromatic nitrogens is 5. The average molecular weight is 222 g/mol. The van der Waals surface area contributed by atoms with Crippen molar-refractivity contribution in [2.75, 3.05) is 5.84 Å². The van der Waals surface area contributed by atoms with Gasteiger partial charge in [-0.1, -0.05) is 0 Å². The van der Waals surface area contributed by atoms with Gasteiger partial charge in [-0.05, 0) is 13.0 Å². The van der Waals surface area contributed by atoms with Gasteiger partial charge in [-0.2, -0.15) is 14.8 Å².